The topological polar surface area (TPSA) is 76.7 Å². The summed E-state index contributed by atoms with van der Waals surface area (Å²) in [4.78, 5) is 20.0. The first-order valence-corrected chi connectivity index (χ1v) is 9.35. The van der Waals surface area contributed by atoms with Crippen molar-refractivity contribution in [2.24, 2.45) is 5.92 Å². The predicted octanol–water partition coefficient (Wildman–Crippen LogP) is 0.431. The number of nitrogens with zero attached hydrogens (tertiary/aromatic N) is 3. The van der Waals surface area contributed by atoms with Crippen molar-refractivity contribution in [1.82, 2.24) is 19.1 Å². The van der Waals surface area contributed by atoms with Crippen molar-refractivity contribution in [3.8, 4) is 0 Å². The molecule has 23 heavy (non-hydrogen) atoms. The van der Waals surface area contributed by atoms with E-state index < -0.39 is 10.0 Å². The molecule has 2 aliphatic rings. The number of H-pyrrole nitrogens is 1. The average molecular weight is 340 g/mol. The fourth-order valence-corrected chi connectivity index (χ4v) is 4.55. The fraction of sp³-hybridized carbons (Fsp3) is 0.667. The first kappa shape index (κ1) is 16.5. The van der Waals surface area contributed by atoms with E-state index in [9.17, 15) is 13.2 Å². The maximum Gasteiger partial charge on any atom is 0.270 e. The molecule has 128 valence electrons. The summed E-state index contributed by atoms with van der Waals surface area (Å²) in [7, 11) is 1.52. The molecule has 2 aliphatic heterocycles. The van der Waals surface area contributed by atoms with Crippen molar-refractivity contribution in [1.29, 1.82) is 0 Å². The minimum absolute atomic E-state index is 0.102. The van der Waals surface area contributed by atoms with Gasteiger partial charge in [0, 0.05) is 46.0 Å². The van der Waals surface area contributed by atoms with Crippen LogP contribution in [0.2, 0.25) is 0 Å². The minimum Gasteiger partial charge on any atom is -0.356 e. The standard InChI is InChI=1S/C15H24N4O3S/c1-17(2)23(21,22)12-7-13(16-8-12)15(20)19-6-4-5-11-9-18(3)10-14(11)19/h7-8,11,14,16H,4-6,9-10H2,1-3H3/t11-,14+/m0/s1. The number of amides is 1. The van der Waals surface area contributed by atoms with Crippen molar-refractivity contribution < 1.29 is 13.2 Å². The summed E-state index contributed by atoms with van der Waals surface area (Å²) >= 11 is 0. The van der Waals surface area contributed by atoms with Gasteiger partial charge in [-0.15, -0.1) is 0 Å². The smallest absolute Gasteiger partial charge is 0.270 e. The van der Waals surface area contributed by atoms with E-state index in [0.717, 1.165) is 36.8 Å². The van der Waals surface area contributed by atoms with E-state index in [1.54, 1.807) is 0 Å². The van der Waals surface area contributed by atoms with Crippen LogP contribution in [0.3, 0.4) is 0 Å². The van der Waals surface area contributed by atoms with Crippen LogP contribution in [0.15, 0.2) is 17.2 Å². The number of nitrogens with one attached hydrogen (secondary N) is 1. The third kappa shape index (κ3) is 2.90. The number of aromatic nitrogens is 1. The molecule has 2 saturated heterocycles. The molecule has 0 bridgehead atoms. The van der Waals surface area contributed by atoms with Gasteiger partial charge in [-0.3, -0.25) is 4.79 Å². The van der Waals surface area contributed by atoms with Gasteiger partial charge in [0.15, 0.2) is 0 Å². The van der Waals surface area contributed by atoms with Crippen molar-refractivity contribution in [3.05, 3.63) is 18.0 Å². The molecular weight excluding hydrogens is 316 g/mol. The number of aromatic amines is 1. The molecular formula is C15H24N4O3S. The van der Waals surface area contributed by atoms with E-state index in [2.05, 4.69) is 16.9 Å². The van der Waals surface area contributed by atoms with Gasteiger partial charge in [0.2, 0.25) is 10.0 Å². The Morgan fingerprint density at radius 2 is 2.09 bits per heavy atom. The highest BCUT2D eigenvalue weighted by Crippen LogP contribution is 2.31. The summed E-state index contributed by atoms with van der Waals surface area (Å²) in [5.74, 6) is 0.424. The number of sulfonamides is 1. The Balaban J connectivity index is 1.82. The van der Waals surface area contributed by atoms with Crippen LogP contribution in [0, 0.1) is 5.92 Å². The monoisotopic (exact) mass is 340 g/mol. The normalized spacial score (nSPS) is 25.8. The molecule has 0 aliphatic carbocycles. The predicted molar refractivity (Wildman–Crippen MR) is 86.7 cm³/mol. The lowest BCUT2D eigenvalue weighted by Crippen LogP contribution is -2.48. The Bertz CT molecular complexity index is 697. The van der Waals surface area contributed by atoms with Gasteiger partial charge in [0.1, 0.15) is 10.6 Å². The van der Waals surface area contributed by atoms with Crippen LogP contribution in [0.1, 0.15) is 23.3 Å². The lowest BCUT2D eigenvalue weighted by Gasteiger charge is -2.36. The molecule has 1 aromatic rings. The third-order valence-corrected chi connectivity index (χ3v) is 6.68. The summed E-state index contributed by atoms with van der Waals surface area (Å²) in [6.45, 7) is 2.65. The Kier molecular flexibility index (Phi) is 4.24. The number of fused-ring (bicyclic) bond motifs is 1. The van der Waals surface area contributed by atoms with E-state index in [0.29, 0.717) is 11.6 Å². The van der Waals surface area contributed by atoms with Crippen LogP contribution in [0.25, 0.3) is 0 Å². The molecule has 3 heterocycles. The van der Waals surface area contributed by atoms with E-state index in [1.165, 1.54) is 26.4 Å². The molecule has 0 radical (unpaired) electrons. The second kappa shape index (κ2) is 5.92. The zero-order valence-corrected chi connectivity index (χ0v) is 14.6. The number of hydrogen-bond acceptors (Lipinski definition) is 4. The van der Waals surface area contributed by atoms with Crippen LogP contribution in [0.5, 0.6) is 0 Å². The number of piperidine rings is 1. The number of likely N-dealkylation sites (tertiary alicyclic amines) is 2. The van der Waals surface area contributed by atoms with Gasteiger partial charge < -0.3 is 14.8 Å². The summed E-state index contributed by atoms with van der Waals surface area (Å²) in [5, 5.41) is 0. The van der Waals surface area contributed by atoms with Crippen molar-refractivity contribution in [3.63, 3.8) is 0 Å². The maximum atomic E-state index is 12.8. The minimum atomic E-state index is -3.52. The number of hydrogen-bond donors (Lipinski definition) is 1. The van der Waals surface area contributed by atoms with Crippen LogP contribution in [-0.2, 0) is 10.0 Å². The molecule has 2 atom stereocenters. The first-order chi connectivity index (χ1) is 10.8. The van der Waals surface area contributed by atoms with E-state index in [4.69, 9.17) is 0 Å². The SMILES string of the molecule is CN1C[C@@H]2CCCN(C(=O)c3cc(S(=O)(=O)N(C)C)c[nH]3)[C@@H]2C1. The van der Waals surface area contributed by atoms with Gasteiger partial charge in [-0.1, -0.05) is 0 Å². The quantitative estimate of drug-likeness (QED) is 0.866. The first-order valence-electron chi connectivity index (χ1n) is 7.91. The van der Waals surface area contributed by atoms with Gasteiger partial charge >= 0.3 is 0 Å². The average Bonchev–Trinajstić information content (AvgIpc) is 3.11. The summed E-state index contributed by atoms with van der Waals surface area (Å²) in [6.07, 6.45) is 3.55. The lowest BCUT2D eigenvalue weighted by molar-refractivity contribution is 0.0566. The Hall–Kier alpha value is -1.38. The molecule has 1 amide bonds. The van der Waals surface area contributed by atoms with Crippen LogP contribution < -0.4 is 0 Å². The zero-order valence-electron chi connectivity index (χ0n) is 13.8. The van der Waals surface area contributed by atoms with E-state index >= 15 is 0 Å². The van der Waals surface area contributed by atoms with Crippen LogP contribution >= 0.6 is 0 Å². The highest BCUT2D eigenvalue weighted by molar-refractivity contribution is 7.89. The second-order valence-electron chi connectivity index (χ2n) is 6.73. The number of rotatable bonds is 3. The Morgan fingerprint density at radius 3 is 2.78 bits per heavy atom. The molecule has 3 rings (SSSR count). The summed E-state index contributed by atoms with van der Waals surface area (Å²) in [6, 6.07) is 1.68. The number of carbonyl (C=O) groups is 1. The van der Waals surface area contributed by atoms with Crippen molar-refractivity contribution in [2.45, 2.75) is 23.8 Å². The molecule has 1 aromatic heterocycles. The highest BCUT2D eigenvalue weighted by atomic mass is 32.2. The molecule has 0 saturated carbocycles. The highest BCUT2D eigenvalue weighted by Gasteiger charge is 2.40. The fourth-order valence-electron chi connectivity index (χ4n) is 3.66. The molecule has 0 unspecified atom stereocenters. The van der Waals surface area contributed by atoms with Gasteiger partial charge in [0.05, 0.1) is 0 Å². The van der Waals surface area contributed by atoms with E-state index in [-0.39, 0.29) is 16.8 Å². The Labute approximate surface area is 137 Å². The molecule has 7 nitrogen and oxygen atoms in total. The van der Waals surface area contributed by atoms with Crippen molar-refractivity contribution in [2.75, 3.05) is 40.8 Å². The number of carbonyl (C=O) groups excluding carboxylic acids is 1. The van der Waals surface area contributed by atoms with Gasteiger partial charge in [-0.25, -0.2) is 12.7 Å². The van der Waals surface area contributed by atoms with E-state index in [1.807, 2.05) is 4.90 Å². The van der Waals surface area contributed by atoms with Gasteiger partial charge in [0.25, 0.3) is 5.91 Å². The van der Waals surface area contributed by atoms with Gasteiger partial charge in [-0.05, 0) is 31.9 Å². The zero-order chi connectivity index (χ0) is 16.8. The second-order valence-corrected chi connectivity index (χ2v) is 8.88. The largest absolute Gasteiger partial charge is 0.356 e. The van der Waals surface area contributed by atoms with Crippen LogP contribution in [-0.4, -0.2) is 80.2 Å². The third-order valence-electron chi connectivity index (χ3n) is 4.89. The Morgan fingerprint density at radius 1 is 1.35 bits per heavy atom. The summed E-state index contributed by atoms with van der Waals surface area (Å²) < 4.78 is 25.4. The lowest BCUT2D eigenvalue weighted by atomic mass is 9.92. The molecule has 8 heteroatoms. The maximum absolute atomic E-state index is 12.8. The molecule has 0 spiro atoms. The van der Waals surface area contributed by atoms with Crippen LogP contribution in [0.4, 0.5) is 0 Å². The molecule has 0 aromatic carbocycles. The van der Waals surface area contributed by atoms with Gasteiger partial charge in [-0.2, -0.15) is 0 Å². The summed E-state index contributed by atoms with van der Waals surface area (Å²) in [5.41, 5.74) is 0.348. The van der Waals surface area contributed by atoms with Crippen molar-refractivity contribution >= 4 is 15.9 Å². The molecule has 1 N–H and O–H groups in total. The molecule has 2 fully saturated rings. The number of likely N-dealkylation sites (N-methyl/N-ethyl adjacent to an activating group) is 1.